The number of hydrogen-bond donors (Lipinski definition) is 2. The van der Waals surface area contributed by atoms with E-state index in [9.17, 15) is 0 Å². The number of aromatic nitrogens is 1. The number of oxazole rings is 1. The Morgan fingerprint density at radius 3 is 2.62 bits per heavy atom. The smallest absolute Gasteiger partial charge is 0.216 e. The average Bonchev–Trinajstić information content (AvgIpc) is 2.89. The Kier molecular flexibility index (Phi) is 7.11. The third kappa shape index (κ3) is 5.88. The molecule has 2 aromatic rings. The molecule has 0 radical (unpaired) electrons. The molecule has 0 spiro atoms. The van der Waals surface area contributed by atoms with Crippen LogP contribution in [0.1, 0.15) is 24.3 Å². The molecule has 0 amide bonds. The van der Waals surface area contributed by atoms with Crippen LogP contribution in [0, 0.1) is 13.8 Å². The highest BCUT2D eigenvalue weighted by molar-refractivity contribution is 9.10. The average molecular weight is 395 g/mol. The van der Waals surface area contributed by atoms with Gasteiger partial charge in [-0.25, -0.2) is 9.98 Å². The number of halogens is 1. The zero-order valence-corrected chi connectivity index (χ0v) is 15.8. The summed E-state index contributed by atoms with van der Waals surface area (Å²) in [4.78, 5) is 8.80. The fourth-order valence-corrected chi connectivity index (χ4v) is 2.23. The van der Waals surface area contributed by atoms with Crippen molar-refractivity contribution in [2.24, 2.45) is 4.99 Å². The lowest BCUT2D eigenvalue weighted by Crippen LogP contribution is -2.39. The fourth-order valence-electron chi connectivity index (χ4n) is 1.96. The normalized spacial score (nSPS) is 11.4. The standard InChI is InChI=1S/C17H23BrN4O2/c1-4-19-17(21-11-16-22-12(2)13(3)24-16)20-9-10-23-15-7-5-14(18)6-8-15/h5-8H,4,9-11H2,1-3H3,(H2,19,20,21). The van der Waals surface area contributed by atoms with Crippen LogP contribution in [-0.2, 0) is 6.54 Å². The summed E-state index contributed by atoms with van der Waals surface area (Å²) in [5, 5.41) is 6.42. The van der Waals surface area contributed by atoms with Gasteiger partial charge < -0.3 is 19.8 Å². The van der Waals surface area contributed by atoms with Crippen LogP contribution in [0.3, 0.4) is 0 Å². The predicted octanol–water partition coefficient (Wildman–Crippen LogP) is 3.19. The van der Waals surface area contributed by atoms with Gasteiger partial charge in [0.2, 0.25) is 5.89 Å². The summed E-state index contributed by atoms with van der Waals surface area (Å²) >= 11 is 3.40. The molecule has 6 nitrogen and oxygen atoms in total. The van der Waals surface area contributed by atoms with Crippen LogP contribution in [0.5, 0.6) is 5.75 Å². The maximum atomic E-state index is 5.67. The largest absolute Gasteiger partial charge is 0.492 e. The fraction of sp³-hybridized carbons (Fsp3) is 0.412. The predicted molar refractivity (Wildman–Crippen MR) is 98.4 cm³/mol. The minimum Gasteiger partial charge on any atom is -0.492 e. The van der Waals surface area contributed by atoms with Crippen molar-refractivity contribution in [3.05, 3.63) is 46.1 Å². The molecule has 0 aliphatic carbocycles. The van der Waals surface area contributed by atoms with Crippen molar-refractivity contribution in [1.82, 2.24) is 15.6 Å². The summed E-state index contributed by atoms with van der Waals surface area (Å²) in [6.45, 7) is 8.22. The monoisotopic (exact) mass is 394 g/mol. The molecule has 1 aromatic carbocycles. The quantitative estimate of drug-likeness (QED) is 0.428. The third-order valence-electron chi connectivity index (χ3n) is 3.27. The number of aliphatic imine (C=N–C) groups is 1. The molecule has 0 aliphatic heterocycles. The number of ether oxygens (including phenoxy) is 1. The molecule has 7 heteroatoms. The second-order valence-corrected chi connectivity index (χ2v) is 6.09. The zero-order chi connectivity index (χ0) is 17.4. The summed E-state index contributed by atoms with van der Waals surface area (Å²) in [7, 11) is 0. The number of benzene rings is 1. The van der Waals surface area contributed by atoms with Gasteiger partial charge in [0, 0.05) is 11.0 Å². The van der Waals surface area contributed by atoms with Gasteiger partial charge in [0.05, 0.1) is 12.2 Å². The Hall–Kier alpha value is -2.02. The molecule has 130 valence electrons. The first-order valence-electron chi connectivity index (χ1n) is 7.92. The van der Waals surface area contributed by atoms with Gasteiger partial charge in [-0.15, -0.1) is 0 Å². The first-order valence-corrected chi connectivity index (χ1v) is 8.71. The number of guanidine groups is 1. The Balaban J connectivity index is 1.79. The van der Waals surface area contributed by atoms with Crippen molar-refractivity contribution in [2.75, 3.05) is 19.7 Å². The van der Waals surface area contributed by atoms with E-state index in [0.717, 1.165) is 28.2 Å². The number of rotatable bonds is 7. The van der Waals surface area contributed by atoms with Crippen molar-refractivity contribution in [1.29, 1.82) is 0 Å². The van der Waals surface area contributed by atoms with Crippen molar-refractivity contribution < 1.29 is 9.15 Å². The van der Waals surface area contributed by atoms with E-state index in [1.54, 1.807) is 0 Å². The lowest BCUT2D eigenvalue weighted by Gasteiger charge is -2.11. The van der Waals surface area contributed by atoms with Gasteiger partial charge in [0.1, 0.15) is 24.7 Å². The topological polar surface area (TPSA) is 71.7 Å². The molecule has 0 bridgehead atoms. The van der Waals surface area contributed by atoms with Crippen LogP contribution in [-0.4, -0.2) is 30.6 Å². The second kappa shape index (κ2) is 9.32. The molecule has 24 heavy (non-hydrogen) atoms. The molecule has 0 saturated carbocycles. The van der Waals surface area contributed by atoms with Crippen LogP contribution in [0.25, 0.3) is 0 Å². The molecule has 0 aliphatic rings. The lowest BCUT2D eigenvalue weighted by molar-refractivity contribution is 0.322. The maximum Gasteiger partial charge on any atom is 0.216 e. The van der Waals surface area contributed by atoms with Crippen molar-refractivity contribution in [2.45, 2.75) is 27.3 Å². The first kappa shape index (κ1) is 18.3. The first-order chi connectivity index (χ1) is 11.6. The molecule has 2 rings (SSSR count). The second-order valence-electron chi connectivity index (χ2n) is 5.17. The Morgan fingerprint density at radius 2 is 2.00 bits per heavy atom. The van der Waals surface area contributed by atoms with Gasteiger partial charge in [-0.1, -0.05) is 15.9 Å². The van der Waals surface area contributed by atoms with Gasteiger partial charge >= 0.3 is 0 Å². The zero-order valence-electron chi connectivity index (χ0n) is 14.2. The molecular weight excluding hydrogens is 372 g/mol. The van der Waals surface area contributed by atoms with E-state index in [1.165, 1.54) is 0 Å². The number of nitrogens with one attached hydrogen (secondary N) is 2. The van der Waals surface area contributed by atoms with E-state index in [2.05, 4.69) is 36.5 Å². The minimum absolute atomic E-state index is 0.400. The third-order valence-corrected chi connectivity index (χ3v) is 3.80. The molecule has 0 fully saturated rings. The van der Waals surface area contributed by atoms with Crippen LogP contribution in [0.2, 0.25) is 0 Å². The number of nitrogens with zero attached hydrogens (tertiary/aromatic N) is 2. The Labute approximate surface area is 150 Å². The molecule has 2 N–H and O–H groups in total. The van der Waals surface area contributed by atoms with E-state index in [-0.39, 0.29) is 0 Å². The highest BCUT2D eigenvalue weighted by Gasteiger charge is 2.05. The van der Waals surface area contributed by atoms with E-state index in [4.69, 9.17) is 9.15 Å². The van der Waals surface area contributed by atoms with Crippen molar-refractivity contribution in [3.63, 3.8) is 0 Å². The summed E-state index contributed by atoms with van der Waals surface area (Å²) in [6, 6.07) is 7.76. The van der Waals surface area contributed by atoms with E-state index >= 15 is 0 Å². The number of aryl methyl sites for hydroxylation is 2. The molecule has 1 heterocycles. The van der Waals surface area contributed by atoms with Crippen LogP contribution >= 0.6 is 15.9 Å². The van der Waals surface area contributed by atoms with E-state index in [1.807, 2.05) is 45.0 Å². The van der Waals surface area contributed by atoms with E-state index in [0.29, 0.717) is 31.5 Å². The van der Waals surface area contributed by atoms with Gasteiger partial charge in [-0.3, -0.25) is 0 Å². The molecule has 0 unspecified atom stereocenters. The minimum atomic E-state index is 0.400. The molecule has 0 saturated heterocycles. The Bertz CT molecular complexity index is 648. The van der Waals surface area contributed by atoms with E-state index < -0.39 is 0 Å². The highest BCUT2D eigenvalue weighted by Crippen LogP contribution is 2.15. The Morgan fingerprint density at radius 1 is 1.25 bits per heavy atom. The molecule has 0 atom stereocenters. The molecule has 1 aromatic heterocycles. The lowest BCUT2D eigenvalue weighted by atomic mass is 10.3. The van der Waals surface area contributed by atoms with Crippen LogP contribution in [0.4, 0.5) is 0 Å². The van der Waals surface area contributed by atoms with Gasteiger partial charge in [-0.05, 0) is 45.0 Å². The van der Waals surface area contributed by atoms with Crippen LogP contribution in [0.15, 0.2) is 38.1 Å². The van der Waals surface area contributed by atoms with Gasteiger partial charge in [-0.2, -0.15) is 0 Å². The molecular formula is C17H23BrN4O2. The van der Waals surface area contributed by atoms with Crippen molar-refractivity contribution in [3.8, 4) is 5.75 Å². The maximum absolute atomic E-state index is 5.67. The van der Waals surface area contributed by atoms with Gasteiger partial charge in [0.25, 0.3) is 0 Å². The summed E-state index contributed by atoms with van der Waals surface area (Å²) in [5.41, 5.74) is 0.904. The van der Waals surface area contributed by atoms with Crippen LogP contribution < -0.4 is 15.4 Å². The summed E-state index contributed by atoms with van der Waals surface area (Å²) in [5.74, 6) is 3.01. The highest BCUT2D eigenvalue weighted by atomic mass is 79.9. The number of hydrogen-bond acceptors (Lipinski definition) is 4. The van der Waals surface area contributed by atoms with Gasteiger partial charge in [0.15, 0.2) is 5.96 Å². The summed E-state index contributed by atoms with van der Waals surface area (Å²) in [6.07, 6.45) is 0. The SMILES string of the molecule is CCNC(=NCc1nc(C)c(C)o1)NCCOc1ccc(Br)cc1. The summed E-state index contributed by atoms with van der Waals surface area (Å²) < 4.78 is 12.2. The van der Waals surface area contributed by atoms with Crippen molar-refractivity contribution >= 4 is 21.9 Å².